The van der Waals surface area contributed by atoms with E-state index in [1.807, 2.05) is 18.2 Å². The van der Waals surface area contributed by atoms with Gasteiger partial charge in [-0.05, 0) is 30.9 Å². The molecule has 1 unspecified atom stereocenters. The van der Waals surface area contributed by atoms with Gasteiger partial charge in [-0.2, -0.15) is 0 Å². The third kappa shape index (κ3) is 4.10. The van der Waals surface area contributed by atoms with Gasteiger partial charge in [0.25, 0.3) is 5.91 Å². The molecule has 1 amide bonds. The van der Waals surface area contributed by atoms with Crippen LogP contribution < -0.4 is 5.32 Å². The van der Waals surface area contributed by atoms with Gasteiger partial charge in [0, 0.05) is 18.2 Å². The second-order valence-corrected chi connectivity index (χ2v) is 6.59. The minimum Gasteiger partial charge on any atom is -0.465 e. The molecule has 1 aromatic heterocycles. The van der Waals surface area contributed by atoms with Crippen molar-refractivity contribution in [1.29, 1.82) is 0 Å². The lowest BCUT2D eigenvalue weighted by Gasteiger charge is -2.21. The Morgan fingerprint density at radius 1 is 1.16 bits per heavy atom. The molecule has 0 aliphatic rings. The minimum absolute atomic E-state index is 0.211. The van der Waals surface area contributed by atoms with Gasteiger partial charge >= 0.3 is 5.97 Å². The summed E-state index contributed by atoms with van der Waals surface area (Å²) in [6.45, 7) is 8.33. The smallest absolute Gasteiger partial charge is 0.339 e. The van der Waals surface area contributed by atoms with E-state index in [9.17, 15) is 9.59 Å². The number of esters is 1. The number of carbonyl (C=O) groups is 2. The number of amides is 1. The van der Waals surface area contributed by atoms with Gasteiger partial charge in [0.1, 0.15) is 5.69 Å². The van der Waals surface area contributed by atoms with E-state index in [0.29, 0.717) is 35.0 Å². The maximum atomic E-state index is 12.6. The summed E-state index contributed by atoms with van der Waals surface area (Å²) in [6, 6.07) is 10.2. The van der Waals surface area contributed by atoms with Crippen molar-refractivity contribution in [2.24, 2.45) is 5.92 Å². The highest BCUT2D eigenvalue weighted by molar-refractivity contribution is 6.00. The molecule has 25 heavy (non-hydrogen) atoms. The van der Waals surface area contributed by atoms with E-state index in [1.54, 1.807) is 13.8 Å². The fourth-order valence-corrected chi connectivity index (χ4v) is 3.12. The number of hydrogen-bond acceptors (Lipinski definition) is 3. The van der Waals surface area contributed by atoms with Crippen molar-refractivity contribution >= 4 is 11.9 Å². The predicted molar refractivity (Wildman–Crippen MR) is 98.0 cm³/mol. The standard InChI is InChI=1S/C20H26N2O3/c1-12(2)16(15-9-7-6-8-10-15)11-21-19(23)18-13(3)17(14(4)22-18)20(24)25-5/h6-10,12,16,22H,11H2,1-5H3,(H,21,23). The first-order valence-corrected chi connectivity index (χ1v) is 8.47. The van der Waals surface area contributed by atoms with E-state index in [-0.39, 0.29) is 11.8 Å². The Kier molecular flexibility index (Phi) is 6.02. The van der Waals surface area contributed by atoms with Crippen LogP contribution in [0.2, 0.25) is 0 Å². The average molecular weight is 342 g/mol. The second-order valence-electron chi connectivity index (χ2n) is 6.59. The summed E-state index contributed by atoms with van der Waals surface area (Å²) in [6.07, 6.45) is 0. The van der Waals surface area contributed by atoms with Gasteiger partial charge in [0.05, 0.1) is 12.7 Å². The van der Waals surface area contributed by atoms with Crippen LogP contribution in [0.3, 0.4) is 0 Å². The van der Waals surface area contributed by atoms with Gasteiger partial charge in [-0.15, -0.1) is 0 Å². The lowest BCUT2D eigenvalue weighted by Crippen LogP contribution is -2.31. The summed E-state index contributed by atoms with van der Waals surface area (Å²) in [5, 5.41) is 2.99. The lowest BCUT2D eigenvalue weighted by molar-refractivity contribution is 0.0599. The summed E-state index contributed by atoms with van der Waals surface area (Å²) in [4.78, 5) is 27.5. The molecule has 0 saturated carbocycles. The number of nitrogens with one attached hydrogen (secondary N) is 2. The molecule has 1 atom stereocenters. The number of ether oxygens (including phenoxy) is 1. The Morgan fingerprint density at radius 3 is 2.36 bits per heavy atom. The van der Waals surface area contributed by atoms with Crippen LogP contribution in [0.25, 0.3) is 0 Å². The Morgan fingerprint density at radius 2 is 1.80 bits per heavy atom. The van der Waals surface area contributed by atoms with Crippen molar-refractivity contribution in [3.8, 4) is 0 Å². The molecule has 5 heteroatoms. The van der Waals surface area contributed by atoms with Crippen molar-refractivity contribution in [3.05, 3.63) is 58.4 Å². The molecule has 0 bridgehead atoms. The maximum Gasteiger partial charge on any atom is 0.339 e. The largest absolute Gasteiger partial charge is 0.465 e. The molecule has 0 radical (unpaired) electrons. The van der Waals surface area contributed by atoms with Crippen molar-refractivity contribution in [1.82, 2.24) is 10.3 Å². The van der Waals surface area contributed by atoms with E-state index in [1.165, 1.54) is 12.7 Å². The molecule has 0 fully saturated rings. The molecule has 1 heterocycles. The van der Waals surface area contributed by atoms with Crippen LogP contribution in [0.4, 0.5) is 0 Å². The molecule has 0 spiro atoms. The van der Waals surface area contributed by atoms with E-state index in [2.05, 4.69) is 36.3 Å². The van der Waals surface area contributed by atoms with Crippen LogP contribution in [-0.2, 0) is 4.74 Å². The number of aromatic nitrogens is 1. The first-order valence-electron chi connectivity index (χ1n) is 8.47. The second kappa shape index (κ2) is 8.01. The third-order valence-electron chi connectivity index (χ3n) is 4.57. The Hall–Kier alpha value is -2.56. The lowest BCUT2D eigenvalue weighted by atomic mass is 9.88. The SMILES string of the molecule is COC(=O)c1c(C)[nH]c(C(=O)NCC(c2ccccc2)C(C)C)c1C. The zero-order valence-electron chi connectivity index (χ0n) is 15.5. The fraction of sp³-hybridized carbons (Fsp3) is 0.400. The number of methoxy groups -OCH3 is 1. The van der Waals surface area contributed by atoms with Crippen LogP contribution >= 0.6 is 0 Å². The molecule has 5 nitrogen and oxygen atoms in total. The first kappa shape index (κ1) is 18.8. The number of carbonyl (C=O) groups excluding carboxylic acids is 2. The fourth-order valence-electron chi connectivity index (χ4n) is 3.12. The third-order valence-corrected chi connectivity index (χ3v) is 4.57. The summed E-state index contributed by atoms with van der Waals surface area (Å²) >= 11 is 0. The number of hydrogen-bond donors (Lipinski definition) is 2. The number of H-pyrrole nitrogens is 1. The van der Waals surface area contributed by atoms with Gasteiger partial charge in [-0.1, -0.05) is 44.2 Å². The highest BCUT2D eigenvalue weighted by Gasteiger charge is 2.23. The Bertz CT molecular complexity index is 748. The molecule has 0 aliphatic heterocycles. The van der Waals surface area contributed by atoms with E-state index >= 15 is 0 Å². The van der Waals surface area contributed by atoms with Crippen LogP contribution in [0.1, 0.15) is 57.4 Å². The molecule has 2 N–H and O–H groups in total. The summed E-state index contributed by atoms with van der Waals surface area (Å²) in [5.74, 6) is -0.0339. The van der Waals surface area contributed by atoms with Crippen molar-refractivity contribution < 1.29 is 14.3 Å². The number of rotatable bonds is 6. The van der Waals surface area contributed by atoms with Crippen molar-refractivity contribution in [2.45, 2.75) is 33.6 Å². The van der Waals surface area contributed by atoms with Gasteiger partial charge in [-0.25, -0.2) is 4.79 Å². The zero-order valence-corrected chi connectivity index (χ0v) is 15.5. The van der Waals surface area contributed by atoms with E-state index in [4.69, 9.17) is 4.74 Å². The summed E-state index contributed by atoms with van der Waals surface area (Å²) < 4.78 is 4.79. The predicted octanol–water partition coefficient (Wildman–Crippen LogP) is 3.59. The topological polar surface area (TPSA) is 71.2 Å². The summed E-state index contributed by atoms with van der Waals surface area (Å²) in [7, 11) is 1.33. The Labute approximate surface area is 148 Å². The zero-order chi connectivity index (χ0) is 18.6. The van der Waals surface area contributed by atoms with Gasteiger partial charge in [0.15, 0.2) is 0 Å². The maximum absolute atomic E-state index is 12.6. The van der Waals surface area contributed by atoms with Gasteiger partial charge in [-0.3, -0.25) is 4.79 Å². The van der Waals surface area contributed by atoms with Crippen LogP contribution in [0.5, 0.6) is 0 Å². The Balaban J connectivity index is 2.16. The molecule has 0 saturated heterocycles. The number of aryl methyl sites for hydroxylation is 1. The molecule has 0 aliphatic carbocycles. The highest BCUT2D eigenvalue weighted by atomic mass is 16.5. The minimum atomic E-state index is -0.436. The summed E-state index contributed by atoms with van der Waals surface area (Å²) in [5.41, 5.74) is 3.29. The van der Waals surface area contributed by atoms with E-state index < -0.39 is 5.97 Å². The van der Waals surface area contributed by atoms with Gasteiger partial charge < -0.3 is 15.0 Å². The quantitative estimate of drug-likeness (QED) is 0.788. The number of aromatic amines is 1. The number of benzene rings is 1. The normalized spacial score (nSPS) is 12.1. The monoisotopic (exact) mass is 342 g/mol. The van der Waals surface area contributed by atoms with Crippen molar-refractivity contribution in [3.63, 3.8) is 0 Å². The molecular formula is C20H26N2O3. The van der Waals surface area contributed by atoms with Crippen LogP contribution in [0.15, 0.2) is 30.3 Å². The first-order chi connectivity index (χ1) is 11.9. The molecule has 2 rings (SSSR count). The van der Waals surface area contributed by atoms with Crippen molar-refractivity contribution in [2.75, 3.05) is 13.7 Å². The highest BCUT2D eigenvalue weighted by Crippen LogP contribution is 2.24. The van der Waals surface area contributed by atoms with Crippen LogP contribution in [0, 0.1) is 19.8 Å². The molecule has 2 aromatic rings. The average Bonchev–Trinajstić information content (AvgIpc) is 2.89. The molecular weight excluding hydrogens is 316 g/mol. The van der Waals surface area contributed by atoms with Crippen LogP contribution in [-0.4, -0.2) is 30.5 Å². The molecule has 134 valence electrons. The van der Waals surface area contributed by atoms with E-state index in [0.717, 1.165) is 0 Å². The molecule has 1 aromatic carbocycles. The van der Waals surface area contributed by atoms with Gasteiger partial charge in [0.2, 0.25) is 0 Å².